The molecule has 0 aromatic heterocycles. The molecule has 0 saturated heterocycles. The number of hydrogen-bond donors (Lipinski definition) is 2. The lowest BCUT2D eigenvalue weighted by molar-refractivity contribution is 0.0843. The van der Waals surface area contributed by atoms with Crippen molar-refractivity contribution in [2.24, 2.45) is 22.7 Å². The molecule has 0 radical (unpaired) electrons. The third-order valence-electron chi connectivity index (χ3n) is 8.69. The molecule has 5 unspecified atom stereocenters. The lowest BCUT2D eigenvalue weighted by atomic mass is 9.66. The fourth-order valence-corrected chi connectivity index (χ4v) is 6.95. The molecule has 0 amide bonds. The molecule has 4 heteroatoms. The van der Waals surface area contributed by atoms with Gasteiger partial charge in [-0.05, 0) is 92.8 Å². The van der Waals surface area contributed by atoms with Crippen LogP contribution in [-0.4, -0.2) is 29.4 Å². The van der Waals surface area contributed by atoms with E-state index >= 15 is 0 Å². The summed E-state index contributed by atoms with van der Waals surface area (Å²) in [4.78, 5) is 5.03. The molecule has 5 atom stereocenters. The second-order valence-corrected chi connectivity index (χ2v) is 10.8. The second-order valence-electron chi connectivity index (χ2n) is 10.8. The molecular weight excluding hydrogens is 408 g/mol. The first-order chi connectivity index (χ1) is 16.3. The van der Waals surface area contributed by atoms with E-state index in [9.17, 15) is 5.11 Å². The van der Waals surface area contributed by atoms with Gasteiger partial charge in [0.15, 0.2) is 0 Å². The van der Waals surface area contributed by atoms with Crippen molar-refractivity contribution in [2.75, 3.05) is 0 Å². The van der Waals surface area contributed by atoms with Crippen molar-refractivity contribution >= 4 is 5.90 Å². The van der Waals surface area contributed by atoms with Gasteiger partial charge in [0.25, 0.3) is 0 Å². The molecule has 2 N–H and O–H groups in total. The first-order valence-electron chi connectivity index (χ1n) is 13.4. The third-order valence-corrected chi connectivity index (χ3v) is 8.69. The number of aliphatic hydroxyl groups is 1. The second kappa shape index (κ2) is 9.29. The van der Waals surface area contributed by atoms with Crippen molar-refractivity contribution in [2.45, 2.75) is 95.4 Å². The first kappa shape index (κ1) is 21.5. The van der Waals surface area contributed by atoms with Gasteiger partial charge in [0.05, 0.1) is 6.10 Å². The van der Waals surface area contributed by atoms with Crippen molar-refractivity contribution in [1.29, 1.82) is 0 Å². The Morgan fingerprint density at radius 3 is 2.67 bits per heavy atom. The number of allylic oxidation sites excluding steroid dienone is 7. The highest BCUT2D eigenvalue weighted by atomic mass is 16.5. The van der Waals surface area contributed by atoms with Gasteiger partial charge in [0, 0.05) is 17.7 Å². The SMILES string of the molecule is OC1CC=CCC1C1N=C(OC2CCCC2)C=C(C2=C3CCC=CC3=CC3CCCCC23)N1. The lowest BCUT2D eigenvalue weighted by Gasteiger charge is -2.41. The minimum absolute atomic E-state index is 0.0819. The highest BCUT2D eigenvalue weighted by molar-refractivity contribution is 5.90. The van der Waals surface area contributed by atoms with Gasteiger partial charge >= 0.3 is 0 Å². The predicted molar refractivity (Wildman–Crippen MR) is 133 cm³/mol. The van der Waals surface area contributed by atoms with E-state index in [0.29, 0.717) is 18.3 Å². The van der Waals surface area contributed by atoms with Crippen LogP contribution in [0.1, 0.15) is 77.0 Å². The van der Waals surface area contributed by atoms with Crippen molar-refractivity contribution in [3.63, 3.8) is 0 Å². The van der Waals surface area contributed by atoms with Crippen molar-refractivity contribution in [3.05, 3.63) is 58.9 Å². The number of fused-ring (bicyclic) bond motifs is 2. The molecule has 1 aliphatic heterocycles. The van der Waals surface area contributed by atoms with E-state index in [1.54, 1.807) is 0 Å². The molecule has 33 heavy (non-hydrogen) atoms. The molecule has 6 rings (SSSR count). The Morgan fingerprint density at radius 1 is 0.970 bits per heavy atom. The zero-order valence-corrected chi connectivity index (χ0v) is 19.7. The smallest absolute Gasteiger partial charge is 0.213 e. The van der Waals surface area contributed by atoms with Crippen LogP contribution in [0.2, 0.25) is 0 Å². The summed E-state index contributed by atoms with van der Waals surface area (Å²) in [5, 5.41) is 14.6. The monoisotopic (exact) mass is 446 g/mol. The summed E-state index contributed by atoms with van der Waals surface area (Å²) in [6, 6.07) is 0. The van der Waals surface area contributed by atoms with Gasteiger partial charge in [0.2, 0.25) is 5.90 Å². The molecule has 176 valence electrons. The van der Waals surface area contributed by atoms with E-state index in [2.05, 4.69) is 41.8 Å². The first-order valence-corrected chi connectivity index (χ1v) is 13.4. The topological polar surface area (TPSA) is 53.9 Å². The molecule has 0 aromatic rings. The molecule has 5 aliphatic carbocycles. The van der Waals surface area contributed by atoms with Gasteiger partial charge < -0.3 is 15.2 Å². The van der Waals surface area contributed by atoms with Gasteiger partial charge in [0.1, 0.15) is 12.3 Å². The third kappa shape index (κ3) is 4.27. The summed E-state index contributed by atoms with van der Waals surface area (Å²) in [5.41, 5.74) is 5.72. The number of hydrogen-bond acceptors (Lipinski definition) is 4. The highest BCUT2D eigenvalue weighted by Crippen LogP contribution is 2.47. The summed E-state index contributed by atoms with van der Waals surface area (Å²) >= 11 is 0. The van der Waals surface area contributed by atoms with Gasteiger partial charge in [-0.1, -0.05) is 43.2 Å². The largest absolute Gasteiger partial charge is 0.474 e. The number of nitrogens with zero attached hydrogens (tertiary/aromatic N) is 1. The van der Waals surface area contributed by atoms with E-state index in [0.717, 1.165) is 38.0 Å². The van der Waals surface area contributed by atoms with Crippen molar-refractivity contribution in [3.8, 4) is 0 Å². The number of aliphatic imine (C=N–C) groups is 1. The van der Waals surface area contributed by atoms with E-state index in [-0.39, 0.29) is 24.3 Å². The average Bonchev–Trinajstić information content (AvgIpc) is 3.35. The number of nitrogens with one attached hydrogen (secondary N) is 1. The molecule has 0 aromatic carbocycles. The quantitative estimate of drug-likeness (QED) is 0.533. The van der Waals surface area contributed by atoms with E-state index in [4.69, 9.17) is 9.73 Å². The predicted octanol–water partition coefficient (Wildman–Crippen LogP) is 5.88. The van der Waals surface area contributed by atoms with Gasteiger partial charge in [-0.25, -0.2) is 4.99 Å². The van der Waals surface area contributed by atoms with E-state index in [1.807, 2.05) is 0 Å². The van der Waals surface area contributed by atoms with Gasteiger partial charge in [-0.15, -0.1) is 0 Å². The average molecular weight is 447 g/mol. The fourth-order valence-electron chi connectivity index (χ4n) is 6.95. The summed E-state index contributed by atoms with van der Waals surface area (Å²) in [7, 11) is 0. The van der Waals surface area contributed by atoms with Crippen LogP contribution < -0.4 is 5.32 Å². The molecule has 6 aliphatic rings. The Hall–Kier alpha value is -2.07. The number of ether oxygens (including phenoxy) is 1. The van der Waals surface area contributed by atoms with Crippen LogP contribution in [0.5, 0.6) is 0 Å². The summed E-state index contributed by atoms with van der Waals surface area (Å²) in [6.45, 7) is 0. The van der Waals surface area contributed by atoms with Gasteiger partial charge in [-0.2, -0.15) is 0 Å². The molecule has 2 saturated carbocycles. The van der Waals surface area contributed by atoms with E-state index in [1.165, 1.54) is 60.9 Å². The maximum Gasteiger partial charge on any atom is 0.213 e. The van der Waals surface area contributed by atoms with Crippen molar-refractivity contribution < 1.29 is 9.84 Å². The van der Waals surface area contributed by atoms with Crippen LogP contribution in [0.15, 0.2) is 63.9 Å². The Labute approximate surface area is 198 Å². The summed E-state index contributed by atoms with van der Waals surface area (Å²) < 4.78 is 6.48. The normalized spacial score (nSPS) is 36.4. The Balaban J connectivity index is 1.38. The van der Waals surface area contributed by atoms with Crippen LogP contribution >= 0.6 is 0 Å². The van der Waals surface area contributed by atoms with Crippen LogP contribution in [0.25, 0.3) is 0 Å². The summed E-state index contributed by atoms with van der Waals surface area (Å²) in [5.74, 6) is 2.09. The molecule has 1 heterocycles. The highest BCUT2D eigenvalue weighted by Gasteiger charge is 2.38. The van der Waals surface area contributed by atoms with Crippen LogP contribution in [0, 0.1) is 17.8 Å². The minimum Gasteiger partial charge on any atom is -0.474 e. The summed E-state index contributed by atoms with van der Waals surface area (Å²) in [6.07, 6.45) is 27.4. The number of aliphatic hydroxyl groups excluding tert-OH is 1. The minimum atomic E-state index is -0.358. The Bertz CT molecular complexity index is 947. The molecule has 0 spiro atoms. The van der Waals surface area contributed by atoms with Gasteiger partial charge in [-0.3, -0.25) is 0 Å². The fraction of sp³-hybridized carbons (Fsp3) is 0.621. The zero-order chi connectivity index (χ0) is 22.2. The standard InChI is InChI=1S/C29H38N2O2/c32-26-16-8-7-15-24(26)29-30-25(18-27(31-29)33-21-11-3-4-12-21)28-22-13-5-1-9-19(22)17-20-10-2-6-14-23(20)28/h1,7-9,17-18,20-21,23-24,26,29-30,32H,2-6,10-16H2. The van der Waals surface area contributed by atoms with Crippen LogP contribution in [0.3, 0.4) is 0 Å². The Kier molecular flexibility index (Phi) is 6.04. The molecule has 0 bridgehead atoms. The maximum absolute atomic E-state index is 10.8. The maximum atomic E-state index is 10.8. The van der Waals surface area contributed by atoms with Crippen molar-refractivity contribution in [1.82, 2.24) is 5.32 Å². The van der Waals surface area contributed by atoms with Crippen LogP contribution in [0.4, 0.5) is 0 Å². The molecule has 4 nitrogen and oxygen atoms in total. The molecule has 2 fully saturated rings. The molecular formula is C29H38N2O2. The lowest BCUT2D eigenvalue weighted by Crippen LogP contribution is -2.45. The Morgan fingerprint density at radius 2 is 1.79 bits per heavy atom. The van der Waals surface area contributed by atoms with E-state index < -0.39 is 0 Å². The zero-order valence-electron chi connectivity index (χ0n) is 19.7. The van der Waals surface area contributed by atoms with Crippen LogP contribution in [-0.2, 0) is 4.74 Å². The number of rotatable bonds is 3.